The molecule has 0 aliphatic carbocycles. The van der Waals surface area contributed by atoms with Crippen molar-refractivity contribution in [1.82, 2.24) is 4.98 Å². The quantitative estimate of drug-likeness (QED) is 0.606. The molecule has 1 N–H and O–H groups in total. The van der Waals surface area contributed by atoms with Crippen LogP contribution in [0.4, 0.5) is 10.1 Å². The molecule has 0 saturated carbocycles. The summed E-state index contributed by atoms with van der Waals surface area (Å²) in [6.07, 6.45) is 0. The van der Waals surface area contributed by atoms with Crippen LogP contribution in [0.15, 0.2) is 52.7 Å². The summed E-state index contributed by atoms with van der Waals surface area (Å²) in [6.45, 7) is 3.68. The van der Waals surface area contributed by atoms with Crippen LogP contribution in [0, 0.1) is 19.7 Å². The second-order valence-corrected chi connectivity index (χ2v) is 7.70. The maximum Gasteiger partial charge on any atom is 0.255 e. The molecule has 0 fully saturated rings. The van der Waals surface area contributed by atoms with E-state index < -0.39 is 0 Å². The molecule has 1 aromatic heterocycles. The summed E-state index contributed by atoms with van der Waals surface area (Å²) in [5.41, 5.74) is 2.60. The molecule has 25 heavy (non-hydrogen) atoms. The van der Waals surface area contributed by atoms with Crippen LogP contribution in [0.5, 0.6) is 0 Å². The Hall–Kier alpha value is -2.18. The Morgan fingerprint density at radius 2 is 1.96 bits per heavy atom. The van der Waals surface area contributed by atoms with Crippen molar-refractivity contribution < 1.29 is 9.18 Å². The standard InChI is InChI=1S/C19H17FN2OS2/c1-12-3-6-15(9-18(12)20)22-19(23)14-4-7-17(8-5-14)25-11-16-10-24-13(2)21-16/h3-10H,11H2,1-2H3,(H,22,23). The number of rotatable bonds is 5. The van der Waals surface area contributed by atoms with Gasteiger partial charge < -0.3 is 5.32 Å². The molecule has 2 aromatic carbocycles. The van der Waals surface area contributed by atoms with Gasteiger partial charge in [-0.25, -0.2) is 9.37 Å². The van der Waals surface area contributed by atoms with Crippen LogP contribution in [0.1, 0.15) is 26.6 Å². The number of nitrogens with one attached hydrogen (secondary N) is 1. The fourth-order valence-electron chi connectivity index (χ4n) is 2.21. The van der Waals surface area contributed by atoms with Crippen LogP contribution in [-0.4, -0.2) is 10.9 Å². The number of thioether (sulfide) groups is 1. The molecule has 0 aliphatic heterocycles. The summed E-state index contributed by atoms with van der Waals surface area (Å²) in [5.74, 6) is 0.218. The van der Waals surface area contributed by atoms with Crippen molar-refractivity contribution in [2.24, 2.45) is 0 Å². The summed E-state index contributed by atoms with van der Waals surface area (Å²) in [4.78, 5) is 17.8. The first-order valence-corrected chi connectivity index (χ1v) is 9.59. The number of nitrogens with zero attached hydrogens (tertiary/aromatic N) is 1. The zero-order chi connectivity index (χ0) is 17.8. The third-order valence-corrected chi connectivity index (χ3v) is 5.47. The highest BCUT2D eigenvalue weighted by Gasteiger charge is 2.08. The van der Waals surface area contributed by atoms with Gasteiger partial charge in [-0.3, -0.25) is 4.79 Å². The maximum atomic E-state index is 13.6. The molecule has 0 saturated heterocycles. The van der Waals surface area contributed by atoms with Gasteiger partial charge in [0.2, 0.25) is 0 Å². The molecule has 3 aromatic rings. The first kappa shape index (κ1) is 17.6. The third kappa shape index (κ3) is 4.67. The Balaban J connectivity index is 1.60. The zero-order valence-corrected chi connectivity index (χ0v) is 15.5. The number of aryl methyl sites for hydroxylation is 2. The smallest absolute Gasteiger partial charge is 0.255 e. The number of amides is 1. The van der Waals surface area contributed by atoms with Crippen LogP contribution in [0.25, 0.3) is 0 Å². The lowest BCUT2D eigenvalue weighted by Gasteiger charge is -2.07. The van der Waals surface area contributed by atoms with E-state index in [-0.39, 0.29) is 11.7 Å². The van der Waals surface area contributed by atoms with Crippen molar-refractivity contribution in [3.05, 3.63) is 75.5 Å². The highest BCUT2D eigenvalue weighted by Crippen LogP contribution is 2.24. The number of halogens is 1. The molecular formula is C19H17FN2OS2. The first-order valence-electron chi connectivity index (χ1n) is 7.72. The van der Waals surface area contributed by atoms with Gasteiger partial charge in [0, 0.05) is 27.3 Å². The van der Waals surface area contributed by atoms with Gasteiger partial charge in [-0.15, -0.1) is 23.1 Å². The predicted octanol–water partition coefficient (Wildman–Crippen LogP) is 5.44. The van der Waals surface area contributed by atoms with Crippen LogP contribution in [-0.2, 0) is 5.75 Å². The van der Waals surface area contributed by atoms with Crippen molar-refractivity contribution in [2.75, 3.05) is 5.32 Å². The van der Waals surface area contributed by atoms with E-state index in [1.807, 2.05) is 19.1 Å². The Kier molecular flexibility index (Phi) is 5.50. The number of benzene rings is 2. The number of hydrogen-bond donors (Lipinski definition) is 1. The fraction of sp³-hybridized carbons (Fsp3) is 0.158. The molecular weight excluding hydrogens is 355 g/mol. The number of thiazole rings is 1. The summed E-state index contributed by atoms with van der Waals surface area (Å²) < 4.78 is 13.6. The fourth-order valence-corrected chi connectivity index (χ4v) is 3.72. The van der Waals surface area contributed by atoms with E-state index in [4.69, 9.17) is 0 Å². The minimum atomic E-state index is -0.332. The predicted molar refractivity (Wildman–Crippen MR) is 102 cm³/mol. The van der Waals surface area contributed by atoms with Crippen LogP contribution >= 0.6 is 23.1 Å². The highest BCUT2D eigenvalue weighted by molar-refractivity contribution is 7.98. The Morgan fingerprint density at radius 3 is 2.60 bits per heavy atom. The summed E-state index contributed by atoms with van der Waals surface area (Å²) in [5, 5.41) is 5.84. The Bertz CT molecular complexity index is 891. The monoisotopic (exact) mass is 372 g/mol. The molecule has 1 amide bonds. The third-order valence-electron chi connectivity index (χ3n) is 3.60. The first-order chi connectivity index (χ1) is 12.0. The highest BCUT2D eigenvalue weighted by atomic mass is 32.2. The summed E-state index contributed by atoms with van der Waals surface area (Å²) >= 11 is 3.32. The van der Waals surface area contributed by atoms with Gasteiger partial charge in [0.25, 0.3) is 5.91 Å². The van der Waals surface area contributed by atoms with Crippen LogP contribution in [0.2, 0.25) is 0 Å². The van der Waals surface area contributed by atoms with Gasteiger partial charge in [-0.2, -0.15) is 0 Å². The van der Waals surface area contributed by atoms with Gasteiger partial charge in [0.1, 0.15) is 5.82 Å². The van der Waals surface area contributed by atoms with Gasteiger partial charge in [-0.1, -0.05) is 6.07 Å². The lowest BCUT2D eigenvalue weighted by atomic mass is 10.2. The van der Waals surface area contributed by atoms with E-state index in [2.05, 4.69) is 15.7 Å². The van der Waals surface area contributed by atoms with Gasteiger partial charge in [0.05, 0.1) is 10.7 Å². The Labute approximate surface area is 154 Å². The normalized spacial score (nSPS) is 10.7. The maximum absolute atomic E-state index is 13.6. The van der Waals surface area contributed by atoms with Gasteiger partial charge in [-0.05, 0) is 55.8 Å². The molecule has 0 spiro atoms. The van der Waals surface area contributed by atoms with Crippen LogP contribution in [0.3, 0.4) is 0 Å². The SMILES string of the molecule is Cc1nc(CSc2ccc(C(=O)Nc3ccc(C)c(F)c3)cc2)cs1. The van der Waals surface area contributed by atoms with Crippen molar-refractivity contribution in [3.8, 4) is 0 Å². The van der Waals surface area contributed by atoms with Crippen molar-refractivity contribution in [1.29, 1.82) is 0 Å². The van der Waals surface area contributed by atoms with E-state index in [9.17, 15) is 9.18 Å². The number of carbonyl (C=O) groups excluding carboxylic acids is 1. The Morgan fingerprint density at radius 1 is 1.20 bits per heavy atom. The van der Waals surface area contributed by atoms with E-state index in [0.717, 1.165) is 21.3 Å². The van der Waals surface area contributed by atoms with Crippen molar-refractivity contribution in [2.45, 2.75) is 24.5 Å². The van der Waals surface area contributed by atoms with Crippen molar-refractivity contribution >= 4 is 34.7 Å². The number of carbonyl (C=O) groups is 1. The minimum absolute atomic E-state index is 0.255. The topological polar surface area (TPSA) is 42.0 Å². The largest absolute Gasteiger partial charge is 0.322 e. The molecule has 6 heteroatoms. The molecule has 3 rings (SSSR count). The second-order valence-electron chi connectivity index (χ2n) is 5.59. The molecule has 1 heterocycles. The molecule has 0 radical (unpaired) electrons. The molecule has 128 valence electrons. The van der Waals surface area contributed by atoms with Gasteiger partial charge >= 0.3 is 0 Å². The number of anilines is 1. The van der Waals surface area contributed by atoms with Gasteiger partial charge in [0.15, 0.2) is 0 Å². The molecule has 3 nitrogen and oxygen atoms in total. The second kappa shape index (κ2) is 7.80. The minimum Gasteiger partial charge on any atom is -0.322 e. The molecule has 0 bridgehead atoms. The lowest BCUT2D eigenvalue weighted by Crippen LogP contribution is -2.11. The number of hydrogen-bond acceptors (Lipinski definition) is 4. The molecule has 0 aliphatic rings. The average Bonchev–Trinajstić information content (AvgIpc) is 3.02. The lowest BCUT2D eigenvalue weighted by molar-refractivity contribution is 0.102. The van der Waals surface area contributed by atoms with E-state index >= 15 is 0 Å². The summed E-state index contributed by atoms with van der Waals surface area (Å²) in [7, 11) is 0. The summed E-state index contributed by atoms with van der Waals surface area (Å²) in [6, 6.07) is 12.0. The van der Waals surface area contributed by atoms with E-state index in [1.165, 1.54) is 6.07 Å². The zero-order valence-electron chi connectivity index (χ0n) is 13.9. The number of aromatic nitrogens is 1. The van der Waals surface area contributed by atoms with Crippen LogP contribution < -0.4 is 5.32 Å². The van der Waals surface area contributed by atoms with E-state index in [1.54, 1.807) is 54.3 Å². The van der Waals surface area contributed by atoms with Crippen molar-refractivity contribution in [3.63, 3.8) is 0 Å². The van der Waals surface area contributed by atoms with E-state index in [0.29, 0.717) is 16.8 Å². The molecule has 0 unspecified atom stereocenters. The molecule has 0 atom stereocenters. The average molecular weight is 372 g/mol.